The van der Waals surface area contributed by atoms with Gasteiger partial charge in [0.25, 0.3) is 5.91 Å². The second-order valence-electron chi connectivity index (χ2n) is 7.42. The number of carbonyl (C=O) groups excluding carboxylic acids is 1. The monoisotopic (exact) mass is 438 g/mol. The maximum Gasteiger partial charge on any atom is 0.252 e. The first-order valence-electron chi connectivity index (χ1n) is 10.3. The summed E-state index contributed by atoms with van der Waals surface area (Å²) in [4.78, 5) is 20.9. The van der Waals surface area contributed by atoms with Gasteiger partial charge in [-0.2, -0.15) is 5.26 Å². The highest BCUT2D eigenvalue weighted by Gasteiger charge is 2.17. The standard InChI is InChI=1S/C24H22N8O/c1-16-6-3-4-9-19(16)21(13-25)29-24(33)17-7-5-8-18(12-17)27-14-22-30-31-23(32(22)2)20-10-11-26-15-28-20/h3-12,15,21,27H,14H2,1-2H3,(H,29,33)/t21-/m1/s1. The number of aryl methyl sites for hydroxylation is 1. The highest BCUT2D eigenvalue weighted by Crippen LogP contribution is 2.19. The zero-order valence-corrected chi connectivity index (χ0v) is 18.2. The number of nitriles is 1. The number of aromatic nitrogens is 5. The lowest BCUT2D eigenvalue weighted by Crippen LogP contribution is -2.28. The predicted molar refractivity (Wildman–Crippen MR) is 123 cm³/mol. The Morgan fingerprint density at radius 3 is 2.76 bits per heavy atom. The number of rotatable bonds is 7. The summed E-state index contributed by atoms with van der Waals surface area (Å²) >= 11 is 0. The molecule has 164 valence electrons. The van der Waals surface area contributed by atoms with Crippen LogP contribution in [0.5, 0.6) is 0 Å². The third-order valence-corrected chi connectivity index (χ3v) is 5.26. The molecule has 0 aliphatic heterocycles. The lowest BCUT2D eigenvalue weighted by Gasteiger charge is -2.15. The van der Waals surface area contributed by atoms with Gasteiger partial charge in [0.1, 0.15) is 18.1 Å². The van der Waals surface area contributed by atoms with E-state index < -0.39 is 6.04 Å². The highest BCUT2D eigenvalue weighted by atomic mass is 16.1. The fourth-order valence-corrected chi connectivity index (χ4v) is 3.42. The van der Waals surface area contributed by atoms with Crippen LogP contribution in [0.2, 0.25) is 0 Å². The molecule has 0 fully saturated rings. The second kappa shape index (κ2) is 9.70. The van der Waals surface area contributed by atoms with E-state index in [4.69, 9.17) is 0 Å². The Kier molecular flexibility index (Phi) is 6.36. The zero-order chi connectivity index (χ0) is 23.2. The van der Waals surface area contributed by atoms with E-state index in [0.29, 0.717) is 29.5 Å². The molecule has 1 amide bonds. The molecule has 0 saturated heterocycles. The Bertz CT molecular complexity index is 1310. The molecule has 0 radical (unpaired) electrons. The first-order chi connectivity index (χ1) is 16.1. The Morgan fingerprint density at radius 1 is 1.15 bits per heavy atom. The van der Waals surface area contributed by atoms with Crippen molar-refractivity contribution in [2.75, 3.05) is 5.32 Å². The van der Waals surface area contributed by atoms with Gasteiger partial charge in [-0.05, 0) is 42.3 Å². The van der Waals surface area contributed by atoms with Crippen molar-refractivity contribution >= 4 is 11.6 Å². The number of nitrogens with one attached hydrogen (secondary N) is 2. The van der Waals surface area contributed by atoms with Gasteiger partial charge in [0, 0.05) is 24.5 Å². The van der Waals surface area contributed by atoms with Gasteiger partial charge in [-0.25, -0.2) is 9.97 Å². The largest absolute Gasteiger partial charge is 0.378 e. The summed E-state index contributed by atoms with van der Waals surface area (Å²) < 4.78 is 1.85. The van der Waals surface area contributed by atoms with E-state index in [1.165, 1.54) is 6.33 Å². The van der Waals surface area contributed by atoms with E-state index in [0.717, 1.165) is 16.8 Å². The number of hydrogen-bond donors (Lipinski definition) is 2. The maximum atomic E-state index is 12.8. The molecule has 9 heteroatoms. The van der Waals surface area contributed by atoms with Crippen molar-refractivity contribution in [3.63, 3.8) is 0 Å². The first kappa shape index (κ1) is 21.6. The fraction of sp³-hybridized carbons (Fsp3) is 0.167. The topological polar surface area (TPSA) is 121 Å². The Morgan fingerprint density at radius 2 is 2.00 bits per heavy atom. The van der Waals surface area contributed by atoms with Crippen LogP contribution in [0.25, 0.3) is 11.5 Å². The molecule has 2 N–H and O–H groups in total. The molecule has 4 rings (SSSR count). The van der Waals surface area contributed by atoms with Gasteiger partial charge in [-0.15, -0.1) is 10.2 Å². The normalized spacial score (nSPS) is 11.4. The number of nitrogens with zero attached hydrogens (tertiary/aromatic N) is 6. The van der Waals surface area contributed by atoms with Crippen molar-refractivity contribution in [1.29, 1.82) is 5.26 Å². The molecule has 1 atom stereocenters. The molecule has 0 unspecified atom stereocenters. The Balaban J connectivity index is 1.44. The van der Waals surface area contributed by atoms with Crippen LogP contribution < -0.4 is 10.6 Å². The van der Waals surface area contributed by atoms with Crippen LogP contribution in [0.4, 0.5) is 5.69 Å². The highest BCUT2D eigenvalue weighted by molar-refractivity contribution is 5.95. The summed E-state index contributed by atoms with van der Waals surface area (Å²) in [7, 11) is 1.87. The quantitative estimate of drug-likeness (QED) is 0.454. The van der Waals surface area contributed by atoms with E-state index in [2.05, 4.69) is 36.9 Å². The van der Waals surface area contributed by atoms with Crippen LogP contribution in [-0.2, 0) is 13.6 Å². The predicted octanol–water partition coefficient (Wildman–Crippen LogP) is 3.19. The van der Waals surface area contributed by atoms with Crippen molar-refractivity contribution in [2.24, 2.45) is 7.05 Å². The van der Waals surface area contributed by atoms with Crippen molar-refractivity contribution in [3.05, 3.63) is 89.6 Å². The molecule has 2 aromatic heterocycles. The SMILES string of the molecule is Cc1ccccc1[C@@H](C#N)NC(=O)c1cccc(NCc2nnc(-c3ccncn3)n2C)c1. The average Bonchev–Trinajstić information content (AvgIpc) is 3.22. The molecule has 2 heterocycles. The van der Waals surface area contributed by atoms with Crippen LogP contribution in [0, 0.1) is 18.3 Å². The summed E-state index contributed by atoms with van der Waals surface area (Å²) in [5.41, 5.74) is 3.62. The average molecular weight is 438 g/mol. The summed E-state index contributed by atoms with van der Waals surface area (Å²) in [5.74, 6) is 1.03. The van der Waals surface area contributed by atoms with E-state index in [1.807, 2.05) is 48.9 Å². The molecule has 0 saturated carbocycles. The van der Waals surface area contributed by atoms with Crippen LogP contribution >= 0.6 is 0 Å². The van der Waals surface area contributed by atoms with Gasteiger partial charge in [0.15, 0.2) is 11.6 Å². The minimum atomic E-state index is -0.728. The zero-order valence-electron chi connectivity index (χ0n) is 18.2. The van der Waals surface area contributed by atoms with Crippen molar-refractivity contribution in [1.82, 2.24) is 30.0 Å². The first-order valence-corrected chi connectivity index (χ1v) is 10.3. The Labute approximate surface area is 191 Å². The number of anilines is 1. The van der Waals surface area contributed by atoms with Gasteiger partial charge in [-0.3, -0.25) is 4.79 Å². The van der Waals surface area contributed by atoms with E-state index in [9.17, 15) is 10.1 Å². The minimum Gasteiger partial charge on any atom is -0.378 e. The van der Waals surface area contributed by atoms with Crippen molar-refractivity contribution in [3.8, 4) is 17.6 Å². The number of hydrogen-bond acceptors (Lipinski definition) is 7. The van der Waals surface area contributed by atoms with Gasteiger partial charge in [0.05, 0.1) is 12.6 Å². The smallest absolute Gasteiger partial charge is 0.252 e. The minimum absolute atomic E-state index is 0.321. The summed E-state index contributed by atoms with van der Waals surface area (Å²) in [6.45, 7) is 2.32. The van der Waals surface area contributed by atoms with E-state index >= 15 is 0 Å². The molecule has 33 heavy (non-hydrogen) atoms. The van der Waals surface area contributed by atoms with Crippen molar-refractivity contribution in [2.45, 2.75) is 19.5 Å². The van der Waals surface area contributed by atoms with Crippen molar-refractivity contribution < 1.29 is 4.79 Å². The molecule has 2 aromatic carbocycles. The van der Waals surface area contributed by atoms with Crippen LogP contribution in [-0.4, -0.2) is 30.6 Å². The molecule has 0 bridgehead atoms. The van der Waals surface area contributed by atoms with E-state index in [-0.39, 0.29) is 5.91 Å². The molecule has 0 aliphatic carbocycles. The lowest BCUT2D eigenvalue weighted by molar-refractivity contribution is 0.0945. The van der Waals surface area contributed by atoms with Gasteiger partial charge >= 0.3 is 0 Å². The van der Waals surface area contributed by atoms with Gasteiger partial charge < -0.3 is 15.2 Å². The molecular formula is C24H22N8O. The summed E-state index contributed by atoms with van der Waals surface area (Å²) in [5, 5.41) is 24.1. The van der Waals surface area contributed by atoms with Crippen LogP contribution in [0.1, 0.15) is 33.4 Å². The molecule has 4 aromatic rings. The summed E-state index contributed by atoms with van der Waals surface area (Å²) in [6, 6.07) is 17.8. The fourth-order valence-electron chi connectivity index (χ4n) is 3.42. The summed E-state index contributed by atoms with van der Waals surface area (Å²) in [6.07, 6.45) is 3.12. The van der Waals surface area contributed by atoms with Gasteiger partial charge in [-0.1, -0.05) is 30.3 Å². The maximum absolute atomic E-state index is 12.8. The molecule has 9 nitrogen and oxygen atoms in total. The number of benzene rings is 2. The number of amides is 1. The van der Waals surface area contributed by atoms with Crippen LogP contribution in [0.15, 0.2) is 67.1 Å². The second-order valence-corrected chi connectivity index (χ2v) is 7.42. The van der Waals surface area contributed by atoms with Gasteiger partial charge in [0.2, 0.25) is 0 Å². The number of carbonyl (C=O) groups is 1. The lowest BCUT2D eigenvalue weighted by atomic mass is 10.0. The molecule has 0 aliphatic rings. The van der Waals surface area contributed by atoms with E-state index in [1.54, 1.807) is 30.5 Å². The molecule has 0 spiro atoms. The third kappa shape index (κ3) is 4.85. The molecular weight excluding hydrogens is 416 g/mol. The van der Waals surface area contributed by atoms with Crippen LogP contribution in [0.3, 0.4) is 0 Å². The Hall–Kier alpha value is -4.58. The third-order valence-electron chi connectivity index (χ3n) is 5.26.